The number of hydrogen-bond acceptors (Lipinski definition) is 3. The molecule has 0 fully saturated rings. The third-order valence-electron chi connectivity index (χ3n) is 3.94. The van der Waals surface area contributed by atoms with Gasteiger partial charge in [0.1, 0.15) is 12.6 Å². The molecule has 0 amide bonds. The van der Waals surface area contributed by atoms with Crippen molar-refractivity contribution in [3.05, 3.63) is 60.2 Å². The van der Waals surface area contributed by atoms with Crippen LogP contribution in [-0.4, -0.2) is 37.0 Å². The summed E-state index contributed by atoms with van der Waals surface area (Å²) in [5.74, 6) is 0. The summed E-state index contributed by atoms with van der Waals surface area (Å²) in [5, 5.41) is 4.15. The van der Waals surface area contributed by atoms with Gasteiger partial charge in [-0.2, -0.15) is 0 Å². The van der Waals surface area contributed by atoms with Gasteiger partial charge in [0, 0.05) is 6.54 Å². The number of fused-ring (bicyclic) bond motifs is 2. The molecule has 0 aliphatic carbocycles. The van der Waals surface area contributed by atoms with E-state index in [1.807, 2.05) is 42.5 Å². The Kier molecular flexibility index (Phi) is 5.33. The van der Waals surface area contributed by atoms with Gasteiger partial charge in [0.05, 0.1) is 0 Å². The van der Waals surface area contributed by atoms with Crippen LogP contribution >= 0.6 is 15.2 Å². The molecule has 0 saturated heterocycles. The van der Waals surface area contributed by atoms with E-state index in [2.05, 4.69) is 6.07 Å². The Bertz CT molecular complexity index is 1020. The molecule has 0 bridgehead atoms. The predicted molar refractivity (Wildman–Crippen MR) is 101 cm³/mol. The summed E-state index contributed by atoms with van der Waals surface area (Å²) in [4.78, 5) is 37.8. The smallest absolute Gasteiger partial charge is 0.324 e. The van der Waals surface area contributed by atoms with Crippen molar-refractivity contribution in [2.75, 3.05) is 12.6 Å². The summed E-state index contributed by atoms with van der Waals surface area (Å²) in [5.41, 5.74) is 0.717. The van der Waals surface area contributed by atoms with Crippen LogP contribution < -0.4 is 0 Å². The van der Waals surface area contributed by atoms with E-state index in [4.69, 9.17) is 19.6 Å². The van der Waals surface area contributed by atoms with Crippen LogP contribution in [0.3, 0.4) is 0 Å². The Hall–Kier alpha value is -1.56. The van der Waals surface area contributed by atoms with Crippen molar-refractivity contribution in [1.82, 2.24) is 4.90 Å². The second kappa shape index (κ2) is 7.22. The molecule has 3 aromatic rings. The lowest BCUT2D eigenvalue weighted by molar-refractivity contribution is 0.273. The maximum atomic E-state index is 11.3. The lowest BCUT2D eigenvalue weighted by Gasteiger charge is -2.23. The van der Waals surface area contributed by atoms with Gasteiger partial charge in [-0.1, -0.05) is 36.4 Å². The fourth-order valence-corrected chi connectivity index (χ4v) is 4.61. The van der Waals surface area contributed by atoms with Crippen LogP contribution in [0.4, 0.5) is 0 Å². The third-order valence-corrected chi connectivity index (χ3v) is 5.48. The summed E-state index contributed by atoms with van der Waals surface area (Å²) < 4.78 is 22.6. The molecule has 0 unspecified atom stereocenters. The molecule has 0 spiro atoms. The molecule has 0 radical (unpaired) electrons. The van der Waals surface area contributed by atoms with Crippen molar-refractivity contribution < 1.29 is 28.7 Å². The molecule has 4 N–H and O–H groups in total. The molecule has 0 heterocycles. The monoisotopic (exact) mass is 395 g/mol. The van der Waals surface area contributed by atoms with Gasteiger partial charge < -0.3 is 19.6 Å². The quantitative estimate of drug-likeness (QED) is 0.374. The maximum absolute atomic E-state index is 11.3. The normalized spacial score (nSPS) is 13.0. The summed E-state index contributed by atoms with van der Waals surface area (Å²) in [6.07, 6.45) is -1.43. The molecule has 7 nitrogen and oxygen atoms in total. The Balaban J connectivity index is 1.93. The van der Waals surface area contributed by atoms with E-state index in [1.54, 1.807) is 6.07 Å². The summed E-state index contributed by atoms with van der Waals surface area (Å²) in [6.45, 7) is 0.0268. The number of rotatable bonds is 6. The van der Waals surface area contributed by atoms with Gasteiger partial charge >= 0.3 is 15.2 Å². The largest absolute Gasteiger partial charge is 0.339 e. The molecule has 26 heavy (non-hydrogen) atoms. The highest BCUT2D eigenvalue weighted by atomic mass is 31.2. The van der Waals surface area contributed by atoms with Crippen molar-refractivity contribution in [3.63, 3.8) is 0 Å². The van der Waals surface area contributed by atoms with Gasteiger partial charge in [-0.25, -0.2) is 0 Å². The second-order valence-corrected chi connectivity index (χ2v) is 9.55. The zero-order chi connectivity index (χ0) is 18.9. The van der Waals surface area contributed by atoms with Crippen molar-refractivity contribution >= 4 is 36.7 Å². The average Bonchev–Trinajstić information content (AvgIpc) is 2.49. The van der Waals surface area contributed by atoms with E-state index in [0.29, 0.717) is 0 Å². The molecular formula is C17H19NO6P2. The van der Waals surface area contributed by atoms with E-state index < -0.39 is 27.8 Å². The third kappa shape index (κ3) is 5.22. The molecule has 0 atom stereocenters. The zero-order valence-electron chi connectivity index (χ0n) is 13.8. The fraction of sp³-hybridized carbons (Fsp3) is 0.176. The minimum absolute atomic E-state index is 0.0268. The fourth-order valence-electron chi connectivity index (χ4n) is 3.01. The molecule has 9 heteroatoms. The van der Waals surface area contributed by atoms with Crippen LogP contribution in [0.15, 0.2) is 54.6 Å². The van der Waals surface area contributed by atoms with Crippen LogP contribution in [0.1, 0.15) is 5.56 Å². The van der Waals surface area contributed by atoms with Crippen LogP contribution in [0.5, 0.6) is 0 Å². The highest BCUT2D eigenvalue weighted by molar-refractivity contribution is 7.52. The molecule has 138 valence electrons. The Morgan fingerprint density at radius 2 is 1.19 bits per heavy atom. The Morgan fingerprint density at radius 1 is 0.692 bits per heavy atom. The first-order valence-electron chi connectivity index (χ1n) is 7.82. The lowest BCUT2D eigenvalue weighted by atomic mass is 10.0. The van der Waals surface area contributed by atoms with E-state index in [1.165, 1.54) is 0 Å². The van der Waals surface area contributed by atoms with Crippen molar-refractivity contribution in [2.45, 2.75) is 6.54 Å². The van der Waals surface area contributed by atoms with Crippen LogP contribution in [0.25, 0.3) is 21.5 Å². The minimum Gasteiger partial charge on any atom is -0.324 e. The van der Waals surface area contributed by atoms with Crippen molar-refractivity contribution in [2.24, 2.45) is 0 Å². The Morgan fingerprint density at radius 3 is 1.73 bits per heavy atom. The number of benzene rings is 3. The SMILES string of the molecule is O=P(O)(O)CN(Cc1ccc2cc3ccccc3cc2c1)CP(=O)(O)O. The first-order valence-corrected chi connectivity index (χ1v) is 11.4. The highest BCUT2D eigenvalue weighted by Gasteiger charge is 2.25. The molecule has 0 aliphatic heterocycles. The van der Waals surface area contributed by atoms with Crippen LogP contribution in [0.2, 0.25) is 0 Å². The first-order chi connectivity index (χ1) is 12.1. The number of hydrogen-bond donors (Lipinski definition) is 4. The lowest BCUT2D eigenvalue weighted by Crippen LogP contribution is -2.25. The topological polar surface area (TPSA) is 118 Å². The van der Waals surface area contributed by atoms with Gasteiger partial charge in [0.2, 0.25) is 0 Å². The van der Waals surface area contributed by atoms with Crippen molar-refractivity contribution in [3.8, 4) is 0 Å². The highest BCUT2D eigenvalue weighted by Crippen LogP contribution is 2.41. The first kappa shape index (κ1) is 19.2. The molecule has 3 rings (SSSR count). The molecular weight excluding hydrogens is 376 g/mol. The maximum Gasteiger partial charge on any atom is 0.339 e. The van der Waals surface area contributed by atoms with Gasteiger partial charge in [-0.05, 0) is 45.3 Å². The summed E-state index contributed by atoms with van der Waals surface area (Å²) in [6, 6.07) is 17.5. The molecule has 0 aromatic heterocycles. The average molecular weight is 395 g/mol. The van der Waals surface area contributed by atoms with E-state index in [-0.39, 0.29) is 6.54 Å². The Labute approximate surface area is 150 Å². The summed E-state index contributed by atoms with van der Waals surface area (Å²) in [7, 11) is -8.89. The standard InChI is InChI=1S/C17H19NO6P2/c19-25(20,21)11-18(12-26(22,23)24)10-13-5-6-16-8-14-3-1-2-4-15(14)9-17(16)7-13/h1-9H,10-12H2,(H2,19,20,21)(H2,22,23,24). The predicted octanol–water partition coefficient (Wildman–Crippen LogP) is 3.07. The minimum atomic E-state index is -4.44. The molecule has 3 aromatic carbocycles. The second-order valence-electron chi connectivity index (χ2n) is 6.32. The van der Waals surface area contributed by atoms with Crippen LogP contribution in [-0.2, 0) is 15.7 Å². The number of nitrogens with zero attached hydrogens (tertiary/aromatic N) is 1. The van der Waals surface area contributed by atoms with E-state index in [9.17, 15) is 9.13 Å². The van der Waals surface area contributed by atoms with Crippen LogP contribution in [0, 0.1) is 0 Å². The van der Waals surface area contributed by atoms with Gasteiger partial charge in [0.15, 0.2) is 0 Å². The van der Waals surface area contributed by atoms with Gasteiger partial charge in [-0.3, -0.25) is 14.0 Å². The van der Waals surface area contributed by atoms with Crippen molar-refractivity contribution in [1.29, 1.82) is 0 Å². The van der Waals surface area contributed by atoms with E-state index in [0.717, 1.165) is 32.0 Å². The van der Waals surface area contributed by atoms with Gasteiger partial charge in [0.25, 0.3) is 0 Å². The zero-order valence-corrected chi connectivity index (χ0v) is 15.6. The molecule has 0 saturated carbocycles. The summed E-state index contributed by atoms with van der Waals surface area (Å²) >= 11 is 0. The molecule has 0 aliphatic rings. The van der Waals surface area contributed by atoms with E-state index >= 15 is 0 Å². The van der Waals surface area contributed by atoms with Gasteiger partial charge in [-0.15, -0.1) is 0 Å².